The van der Waals surface area contributed by atoms with Crippen molar-refractivity contribution in [1.29, 1.82) is 0 Å². The van der Waals surface area contributed by atoms with Crippen molar-refractivity contribution >= 4 is 17.9 Å². The molecule has 1 fully saturated rings. The minimum absolute atomic E-state index is 0.817. The van der Waals surface area contributed by atoms with Crippen LogP contribution in [0.1, 0.15) is 38.2 Å². The Kier molecular flexibility index (Phi) is 5.16. The molecule has 1 aromatic rings. The Balaban J connectivity index is 1.92. The van der Waals surface area contributed by atoms with E-state index in [0.29, 0.717) is 0 Å². The van der Waals surface area contributed by atoms with Crippen molar-refractivity contribution in [2.75, 3.05) is 18.0 Å². The fourth-order valence-corrected chi connectivity index (χ4v) is 2.71. The molecule has 0 aliphatic carbocycles. The summed E-state index contributed by atoms with van der Waals surface area (Å²) < 4.78 is 0. The molecule has 1 aromatic heterocycles. The third-order valence-electron chi connectivity index (χ3n) is 3.82. The van der Waals surface area contributed by atoms with E-state index in [1.54, 1.807) is 12.3 Å². The second kappa shape index (κ2) is 7.08. The van der Waals surface area contributed by atoms with Gasteiger partial charge in [0, 0.05) is 25.4 Å². The standard InChI is InChI=1S/C16H22N2O2/c1-2-3-13-8-10-18(11-9-13)15-6-4-14(12-17-15)5-7-16(19)20/h4-7,12-13H,2-3,8-11H2,1H3,(H,19,20)/b7-5+. The zero-order valence-corrected chi connectivity index (χ0v) is 12.0. The van der Waals surface area contributed by atoms with Gasteiger partial charge in [-0.1, -0.05) is 19.8 Å². The monoisotopic (exact) mass is 274 g/mol. The van der Waals surface area contributed by atoms with Gasteiger partial charge in [0.15, 0.2) is 0 Å². The first-order chi connectivity index (χ1) is 9.69. The summed E-state index contributed by atoms with van der Waals surface area (Å²) in [4.78, 5) is 17.2. The van der Waals surface area contributed by atoms with Gasteiger partial charge in [0.25, 0.3) is 0 Å². The summed E-state index contributed by atoms with van der Waals surface area (Å²) in [7, 11) is 0. The number of piperidine rings is 1. The summed E-state index contributed by atoms with van der Waals surface area (Å²) in [6.45, 7) is 4.39. The third kappa shape index (κ3) is 4.08. The van der Waals surface area contributed by atoms with Gasteiger partial charge in [-0.15, -0.1) is 0 Å². The fraction of sp³-hybridized carbons (Fsp3) is 0.500. The molecule has 0 amide bonds. The molecule has 0 radical (unpaired) electrons. The highest BCUT2D eigenvalue weighted by atomic mass is 16.4. The number of aliphatic carboxylic acids is 1. The summed E-state index contributed by atoms with van der Waals surface area (Å²) in [5, 5.41) is 8.59. The molecule has 1 N–H and O–H groups in total. The number of anilines is 1. The van der Waals surface area contributed by atoms with E-state index < -0.39 is 5.97 Å². The predicted octanol–water partition coefficient (Wildman–Crippen LogP) is 3.20. The van der Waals surface area contributed by atoms with E-state index in [1.165, 1.54) is 25.7 Å². The lowest BCUT2D eigenvalue weighted by atomic mass is 9.92. The molecule has 0 bridgehead atoms. The molecule has 0 aromatic carbocycles. The number of carboxylic acid groups (broad SMARTS) is 1. The van der Waals surface area contributed by atoms with Crippen LogP contribution < -0.4 is 4.90 Å². The molecular formula is C16H22N2O2. The Morgan fingerprint density at radius 3 is 2.75 bits per heavy atom. The van der Waals surface area contributed by atoms with Gasteiger partial charge in [0.2, 0.25) is 0 Å². The van der Waals surface area contributed by atoms with Crippen LogP contribution in [0.3, 0.4) is 0 Å². The van der Waals surface area contributed by atoms with Gasteiger partial charge in [-0.2, -0.15) is 0 Å². The highest BCUT2D eigenvalue weighted by Gasteiger charge is 2.19. The number of pyridine rings is 1. The van der Waals surface area contributed by atoms with E-state index in [1.807, 2.05) is 12.1 Å². The molecule has 4 heteroatoms. The van der Waals surface area contributed by atoms with Crippen molar-refractivity contribution in [3.05, 3.63) is 30.0 Å². The molecular weight excluding hydrogens is 252 g/mol. The topological polar surface area (TPSA) is 53.4 Å². The van der Waals surface area contributed by atoms with E-state index in [4.69, 9.17) is 5.11 Å². The van der Waals surface area contributed by atoms with Crippen molar-refractivity contribution in [2.24, 2.45) is 5.92 Å². The van der Waals surface area contributed by atoms with Crippen LogP contribution in [0, 0.1) is 5.92 Å². The normalized spacial score (nSPS) is 16.8. The summed E-state index contributed by atoms with van der Waals surface area (Å²) in [6.07, 6.45) is 9.52. The Labute approximate surface area is 120 Å². The van der Waals surface area contributed by atoms with Crippen LogP contribution in [-0.4, -0.2) is 29.1 Å². The first kappa shape index (κ1) is 14.6. The second-order valence-electron chi connectivity index (χ2n) is 5.34. The van der Waals surface area contributed by atoms with E-state index in [0.717, 1.165) is 36.5 Å². The van der Waals surface area contributed by atoms with Crippen LogP contribution in [0.25, 0.3) is 6.08 Å². The number of hydrogen-bond acceptors (Lipinski definition) is 3. The molecule has 2 heterocycles. The molecule has 0 saturated carbocycles. The first-order valence-electron chi connectivity index (χ1n) is 7.31. The maximum absolute atomic E-state index is 10.5. The molecule has 0 spiro atoms. The maximum atomic E-state index is 10.5. The second-order valence-corrected chi connectivity index (χ2v) is 5.34. The summed E-state index contributed by atoms with van der Waals surface area (Å²) >= 11 is 0. The lowest BCUT2D eigenvalue weighted by molar-refractivity contribution is -0.131. The lowest BCUT2D eigenvalue weighted by Gasteiger charge is -2.32. The van der Waals surface area contributed by atoms with Gasteiger partial charge in [-0.25, -0.2) is 9.78 Å². The maximum Gasteiger partial charge on any atom is 0.328 e. The van der Waals surface area contributed by atoms with Crippen molar-refractivity contribution in [3.63, 3.8) is 0 Å². The van der Waals surface area contributed by atoms with Crippen LogP contribution in [0.5, 0.6) is 0 Å². The highest BCUT2D eigenvalue weighted by molar-refractivity contribution is 5.85. The van der Waals surface area contributed by atoms with E-state index >= 15 is 0 Å². The number of carboxylic acids is 1. The number of rotatable bonds is 5. The summed E-state index contributed by atoms with van der Waals surface area (Å²) in [6, 6.07) is 3.89. The zero-order valence-electron chi connectivity index (χ0n) is 12.0. The number of nitrogens with zero attached hydrogens (tertiary/aromatic N) is 2. The van der Waals surface area contributed by atoms with Crippen molar-refractivity contribution < 1.29 is 9.90 Å². The molecule has 1 saturated heterocycles. The molecule has 0 atom stereocenters. The van der Waals surface area contributed by atoms with E-state index in [2.05, 4.69) is 16.8 Å². The average Bonchev–Trinajstić information content (AvgIpc) is 2.47. The third-order valence-corrected chi connectivity index (χ3v) is 3.82. The predicted molar refractivity (Wildman–Crippen MR) is 80.8 cm³/mol. The van der Waals surface area contributed by atoms with Gasteiger partial charge >= 0.3 is 5.97 Å². The van der Waals surface area contributed by atoms with Gasteiger partial charge in [-0.05, 0) is 42.5 Å². The number of carbonyl (C=O) groups is 1. The summed E-state index contributed by atoms with van der Waals surface area (Å²) in [5.74, 6) is 0.925. The highest BCUT2D eigenvalue weighted by Crippen LogP contribution is 2.24. The molecule has 108 valence electrons. The van der Waals surface area contributed by atoms with E-state index in [-0.39, 0.29) is 0 Å². The molecule has 1 aliphatic rings. The first-order valence-corrected chi connectivity index (χ1v) is 7.31. The van der Waals surface area contributed by atoms with Crippen molar-refractivity contribution in [3.8, 4) is 0 Å². The quantitative estimate of drug-likeness (QED) is 0.838. The number of aromatic nitrogens is 1. The Bertz CT molecular complexity index is 460. The lowest BCUT2D eigenvalue weighted by Crippen LogP contribution is -2.34. The molecule has 1 aliphatic heterocycles. The Morgan fingerprint density at radius 2 is 2.20 bits per heavy atom. The van der Waals surface area contributed by atoms with Crippen LogP contribution in [-0.2, 0) is 4.79 Å². The minimum atomic E-state index is -0.938. The fourth-order valence-electron chi connectivity index (χ4n) is 2.71. The molecule has 4 nitrogen and oxygen atoms in total. The summed E-state index contributed by atoms with van der Waals surface area (Å²) in [5.41, 5.74) is 0.817. The Hall–Kier alpha value is -1.84. The molecule has 2 rings (SSSR count). The van der Waals surface area contributed by atoms with Crippen LogP contribution in [0.15, 0.2) is 24.4 Å². The van der Waals surface area contributed by atoms with Crippen molar-refractivity contribution in [2.45, 2.75) is 32.6 Å². The average molecular weight is 274 g/mol. The zero-order chi connectivity index (χ0) is 14.4. The van der Waals surface area contributed by atoms with Crippen LogP contribution in [0.2, 0.25) is 0 Å². The van der Waals surface area contributed by atoms with Gasteiger partial charge in [-0.3, -0.25) is 0 Å². The van der Waals surface area contributed by atoms with Crippen LogP contribution in [0.4, 0.5) is 5.82 Å². The SMILES string of the molecule is CCCC1CCN(c2ccc(/C=C/C(=O)O)cn2)CC1. The largest absolute Gasteiger partial charge is 0.478 e. The van der Waals surface area contributed by atoms with Crippen LogP contribution >= 0.6 is 0 Å². The Morgan fingerprint density at radius 1 is 1.45 bits per heavy atom. The minimum Gasteiger partial charge on any atom is -0.478 e. The molecule has 0 unspecified atom stereocenters. The van der Waals surface area contributed by atoms with Gasteiger partial charge < -0.3 is 10.0 Å². The molecule has 20 heavy (non-hydrogen) atoms. The van der Waals surface area contributed by atoms with E-state index in [9.17, 15) is 4.79 Å². The van der Waals surface area contributed by atoms with Gasteiger partial charge in [0.05, 0.1) is 0 Å². The smallest absolute Gasteiger partial charge is 0.328 e. The van der Waals surface area contributed by atoms with Crippen molar-refractivity contribution in [1.82, 2.24) is 4.98 Å². The van der Waals surface area contributed by atoms with Gasteiger partial charge in [0.1, 0.15) is 5.82 Å². The number of hydrogen-bond donors (Lipinski definition) is 1.